The fraction of sp³-hybridized carbons (Fsp3) is 0.300. The summed E-state index contributed by atoms with van der Waals surface area (Å²) in [7, 11) is 0. The molecule has 0 spiro atoms. The molecule has 1 saturated heterocycles. The molecule has 0 bridgehead atoms. The van der Waals surface area contributed by atoms with Gasteiger partial charge in [0, 0.05) is 10.7 Å². The summed E-state index contributed by atoms with van der Waals surface area (Å²) in [6.45, 7) is 0.980. The van der Waals surface area contributed by atoms with Crippen molar-refractivity contribution in [2.75, 3.05) is 18.5 Å². The molecule has 0 aliphatic carbocycles. The van der Waals surface area contributed by atoms with Gasteiger partial charge in [-0.1, -0.05) is 11.6 Å². The van der Waals surface area contributed by atoms with E-state index in [1.54, 1.807) is 24.3 Å². The number of nitrogens with one attached hydrogen (secondary N) is 1. The Morgan fingerprint density at radius 1 is 1.53 bits per heavy atom. The van der Waals surface area contributed by atoms with Crippen molar-refractivity contribution in [1.82, 2.24) is 0 Å². The maximum Gasteiger partial charge on any atom is 0.411 e. The van der Waals surface area contributed by atoms with Crippen LogP contribution in [0.5, 0.6) is 0 Å². The Morgan fingerprint density at radius 3 is 2.80 bits per heavy atom. The first-order chi connectivity index (χ1) is 7.24. The summed E-state index contributed by atoms with van der Waals surface area (Å²) in [6, 6.07) is 6.80. The van der Waals surface area contributed by atoms with E-state index in [9.17, 15) is 4.79 Å². The zero-order valence-corrected chi connectivity index (χ0v) is 8.66. The Bertz CT molecular complexity index is 348. The van der Waals surface area contributed by atoms with E-state index in [4.69, 9.17) is 21.1 Å². The van der Waals surface area contributed by atoms with E-state index in [1.165, 1.54) is 0 Å². The van der Waals surface area contributed by atoms with E-state index in [1.807, 2.05) is 0 Å². The lowest BCUT2D eigenvalue weighted by molar-refractivity contribution is 0.150. The van der Waals surface area contributed by atoms with Gasteiger partial charge in [0.1, 0.15) is 12.7 Å². The van der Waals surface area contributed by atoms with Gasteiger partial charge in [0.25, 0.3) is 0 Å². The first kappa shape index (κ1) is 10.3. The number of rotatable bonds is 3. The zero-order valence-electron chi connectivity index (χ0n) is 7.90. The average molecular weight is 228 g/mol. The summed E-state index contributed by atoms with van der Waals surface area (Å²) in [4.78, 5) is 11.2. The summed E-state index contributed by atoms with van der Waals surface area (Å²) >= 11 is 5.70. The molecule has 1 amide bonds. The summed E-state index contributed by atoms with van der Waals surface area (Å²) in [5.41, 5.74) is 0.654. The fourth-order valence-electron chi connectivity index (χ4n) is 1.02. The molecule has 1 aromatic carbocycles. The second-order valence-electron chi connectivity index (χ2n) is 3.19. The van der Waals surface area contributed by atoms with Gasteiger partial charge in [-0.25, -0.2) is 4.79 Å². The first-order valence-electron chi connectivity index (χ1n) is 4.55. The molecule has 1 aromatic rings. The highest BCUT2D eigenvalue weighted by Gasteiger charge is 2.24. The Morgan fingerprint density at radius 2 is 2.20 bits per heavy atom. The normalized spacial score (nSPS) is 18.3. The van der Waals surface area contributed by atoms with Crippen LogP contribution in [0.4, 0.5) is 10.5 Å². The Hall–Kier alpha value is -1.26. The summed E-state index contributed by atoms with van der Waals surface area (Å²) in [5.74, 6) is 0. The van der Waals surface area contributed by atoms with Crippen molar-refractivity contribution in [2.24, 2.45) is 0 Å². The van der Waals surface area contributed by atoms with Crippen molar-refractivity contribution in [1.29, 1.82) is 0 Å². The van der Waals surface area contributed by atoms with Gasteiger partial charge in [0.15, 0.2) is 0 Å². The van der Waals surface area contributed by atoms with Gasteiger partial charge in [0.2, 0.25) is 0 Å². The molecule has 4 nitrogen and oxygen atoms in total. The van der Waals surface area contributed by atoms with Crippen LogP contribution in [0.3, 0.4) is 0 Å². The van der Waals surface area contributed by atoms with E-state index < -0.39 is 6.09 Å². The van der Waals surface area contributed by atoms with Crippen LogP contribution >= 0.6 is 11.6 Å². The van der Waals surface area contributed by atoms with Crippen LogP contribution in [0.25, 0.3) is 0 Å². The SMILES string of the molecule is O=C(Nc1ccc(Cl)cc1)OCC1CO1. The number of hydrogen-bond acceptors (Lipinski definition) is 3. The fourth-order valence-corrected chi connectivity index (χ4v) is 1.15. The van der Waals surface area contributed by atoms with Gasteiger partial charge in [0.05, 0.1) is 6.61 Å². The summed E-state index contributed by atoms with van der Waals surface area (Å²) in [6.07, 6.45) is -0.395. The standard InChI is InChI=1S/C10H10ClNO3/c11-7-1-3-8(4-2-7)12-10(13)15-6-9-5-14-9/h1-4,9H,5-6H2,(H,12,13). The molecule has 15 heavy (non-hydrogen) atoms. The number of ether oxygens (including phenoxy) is 2. The number of amides is 1. The minimum Gasteiger partial charge on any atom is -0.446 e. The van der Waals surface area contributed by atoms with Crippen molar-refractivity contribution < 1.29 is 14.3 Å². The third-order valence-electron chi connectivity index (χ3n) is 1.89. The van der Waals surface area contributed by atoms with E-state index in [2.05, 4.69) is 5.32 Å². The quantitative estimate of drug-likeness (QED) is 0.806. The summed E-state index contributed by atoms with van der Waals surface area (Å²) < 4.78 is 9.79. The largest absolute Gasteiger partial charge is 0.446 e. The minimum atomic E-state index is -0.479. The van der Waals surface area contributed by atoms with Crippen molar-refractivity contribution >= 4 is 23.4 Å². The molecule has 1 aliphatic rings. The average Bonchev–Trinajstić information content (AvgIpc) is 3.02. The van der Waals surface area contributed by atoms with Crippen molar-refractivity contribution in [3.8, 4) is 0 Å². The first-order valence-corrected chi connectivity index (χ1v) is 4.93. The Labute approximate surface area is 92.1 Å². The van der Waals surface area contributed by atoms with E-state index in [0.29, 0.717) is 23.9 Å². The van der Waals surface area contributed by atoms with Gasteiger partial charge in [-0.05, 0) is 24.3 Å². The Kier molecular flexibility index (Phi) is 3.08. The van der Waals surface area contributed by atoms with Gasteiger partial charge >= 0.3 is 6.09 Å². The highest BCUT2D eigenvalue weighted by Crippen LogP contribution is 2.14. The predicted octanol–water partition coefficient (Wildman–Crippen LogP) is 2.29. The molecule has 1 atom stereocenters. The summed E-state index contributed by atoms with van der Waals surface area (Å²) in [5, 5.41) is 3.20. The number of epoxide rings is 1. The second-order valence-corrected chi connectivity index (χ2v) is 3.62. The molecule has 0 aromatic heterocycles. The number of halogens is 1. The number of carbonyl (C=O) groups is 1. The highest BCUT2D eigenvalue weighted by molar-refractivity contribution is 6.30. The molecule has 80 valence electrons. The van der Waals surface area contributed by atoms with Crippen LogP contribution in [-0.4, -0.2) is 25.4 Å². The lowest BCUT2D eigenvalue weighted by atomic mass is 10.3. The van der Waals surface area contributed by atoms with Crippen molar-refractivity contribution in [3.05, 3.63) is 29.3 Å². The van der Waals surface area contributed by atoms with E-state index >= 15 is 0 Å². The maximum atomic E-state index is 11.2. The van der Waals surface area contributed by atoms with Crippen LogP contribution in [-0.2, 0) is 9.47 Å². The monoisotopic (exact) mass is 227 g/mol. The topological polar surface area (TPSA) is 50.9 Å². The molecule has 1 unspecified atom stereocenters. The number of hydrogen-bond donors (Lipinski definition) is 1. The Balaban J connectivity index is 1.79. The lowest BCUT2D eigenvalue weighted by Crippen LogP contribution is -2.16. The molecule has 2 rings (SSSR count). The van der Waals surface area contributed by atoms with Crippen LogP contribution in [0.2, 0.25) is 5.02 Å². The highest BCUT2D eigenvalue weighted by atomic mass is 35.5. The molecule has 0 radical (unpaired) electrons. The second kappa shape index (κ2) is 4.51. The van der Waals surface area contributed by atoms with Crippen LogP contribution < -0.4 is 5.32 Å². The molecular formula is C10H10ClNO3. The van der Waals surface area contributed by atoms with E-state index in [0.717, 1.165) is 0 Å². The van der Waals surface area contributed by atoms with Gasteiger partial charge < -0.3 is 9.47 Å². The van der Waals surface area contributed by atoms with E-state index in [-0.39, 0.29) is 6.10 Å². The number of benzene rings is 1. The lowest BCUT2D eigenvalue weighted by Gasteiger charge is -2.05. The minimum absolute atomic E-state index is 0.0842. The van der Waals surface area contributed by atoms with Crippen LogP contribution in [0.1, 0.15) is 0 Å². The predicted molar refractivity (Wildman–Crippen MR) is 56.2 cm³/mol. The molecular weight excluding hydrogens is 218 g/mol. The number of carbonyl (C=O) groups excluding carboxylic acids is 1. The molecule has 5 heteroatoms. The van der Waals surface area contributed by atoms with Gasteiger partial charge in [-0.2, -0.15) is 0 Å². The molecule has 1 N–H and O–H groups in total. The van der Waals surface area contributed by atoms with Crippen LogP contribution in [0, 0.1) is 0 Å². The molecule has 1 aliphatic heterocycles. The van der Waals surface area contributed by atoms with Gasteiger partial charge in [-0.3, -0.25) is 5.32 Å². The van der Waals surface area contributed by atoms with Crippen LogP contribution in [0.15, 0.2) is 24.3 Å². The molecule has 1 heterocycles. The molecule has 1 fully saturated rings. The third kappa shape index (κ3) is 3.42. The van der Waals surface area contributed by atoms with Gasteiger partial charge in [-0.15, -0.1) is 0 Å². The number of anilines is 1. The molecule has 0 saturated carbocycles. The van der Waals surface area contributed by atoms with Crippen molar-refractivity contribution in [2.45, 2.75) is 6.10 Å². The third-order valence-corrected chi connectivity index (χ3v) is 2.15. The van der Waals surface area contributed by atoms with Crippen molar-refractivity contribution in [3.63, 3.8) is 0 Å². The smallest absolute Gasteiger partial charge is 0.411 e. The zero-order chi connectivity index (χ0) is 10.7. The maximum absolute atomic E-state index is 11.2.